The number of imide groups is 1. The largest absolute Gasteiger partial charge is 0.460 e. The molecule has 16 heteroatoms. The monoisotopic (exact) mass is 884 g/mol. The van der Waals surface area contributed by atoms with E-state index in [-0.39, 0.29) is 68.2 Å². The van der Waals surface area contributed by atoms with Gasteiger partial charge in [0.1, 0.15) is 23.9 Å². The lowest BCUT2D eigenvalue weighted by molar-refractivity contribution is -0.438. The molecule has 11 nitrogen and oxygen atoms in total. The Balaban J connectivity index is 1.27. The number of hydrogen-bond donors (Lipinski definition) is 1. The molecule has 0 bridgehead atoms. The van der Waals surface area contributed by atoms with Crippen molar-refractivity contribution in [1.29, 1.82) is 0 Å². The molecule has 0 aliphatic carbocycles. The number of fused-ring (bicyclic) bond motifs is 3. The number of unbranched alkanes of at least 4 members (excludes halogenated alkanes) is 3. The summed E-state index contributed by atoms with van der Waals surface area (Å²) < 4.78 is 101. The van der Waals surface area contributed by atoms with E-state index in [1.54, 1.807) is 23.7 Å². The van der Waals surface area contributed by atoms with Gasteiger partial charge in [-0.15, -0.1) is 5.06 Å². The van der Waals surface area contributed by atoms with Gasteiger partial charge in [0.25, 0.3) is 21.9 Å². The molecular formula is C46H54F4N3O8S+. The number of benzene rings is 2. The fourth-order valence-corrected chi connectivity index (χ4v) is 10.1. The Bertz CT molecular complexity index is 2400. The zero-order valence-electron chi connectivity index (χ0n) is 35.6. The number of carbonyl (C=O) groups is 3. The summed E-state index contributed by atoms with van der Waals surface area (Å²) in [7, 11) is -4.31. The highest BCUT2D eigenvalue weighted by molar-refractivity contribution is 7.85. The SMILES string of the molecule is CC(C)(C)C1=CC(=CC=CC2=[N+](CCCCS(=O)(=O)O)c3cc(F)cc(C(F)(F)F)c3C2(C)CCCCCC(=O)ON2C(=O)CCC2=O)c2cc3c4c(c2O1)CCCN4CCC3. The second-order valence-electron chi connectivity index (χ2n) is 18.1. The van der Waals surface area contributed by atoms with Crippen molar-refractivity contribution in [2.75, 3.05) is 30.3 Å². The fraction of sp³-hybridized carbons (Fsp3) is 0.522. The van der Waals surface area contributed by atoms with Gasteiger partial charge in [0.15, 0.2) is 5.71 Å². The fourth-order valence-electron chi connectivity index (χ4n) is 9.49. The van der Waals surface area contributed by atoms with Gasteiger partial charge in [-0.25, -0.2) is 9.18 Å². The summed E-state index contributed by atoms with van der Waals surface area (Å²) in [5, 5.41) is 0.473. The second-order valence-corrected chi connectivity index (χ2v) is 19.7. The number of nitrogens with zero attached hydrogens (tertiary/aromatic N) is 3. The highest BCUT2D eigenvalue weighted by Gasteiger charge is 2.53. The number of hydroxylamine groups is 2. The maximum Gasteiger partial charge on any atom is 0.417 e. The number of hydrogen-bond acceptors (Lipinski definition) is 8. The Labute approximate surface area is 359 Å². The molecule has 334 valence electrons. The Kier molecular flexibility index (Phi) is 12.7. The first-order chi connectivity index (χ1) is 29.2. The average molecular weight is 885 g/mol. The molecule has 1 atom stereocenters. The quantitative estimate of drug-likeness (QED) is 0.0649. The molecule has 62 heavy (non-hydrogen) atoms. The third kappa shape index (κ3) is 9.41. The number of halogens is 4. The molecule has 7 rings (SSSR count). The van der Waals surface area contributed by atoms with Crippen LogP contribution >= 0.6 is 0 Å². The average Bonchev–Trinajstić information content (AvgIpc) is 3.62. The molecule has 1 N–H and O–H groups in total. The molecule has 5 heterocycles. The Morgan fingerprint density at radius 2 is 1.69 bits per heavy atom. The van der Waals surface area contributed by atoms with E-state index in [2.05, 4.69) is 31.7 Å². The summed E-state index contributed by atoms with van der Waals surface area (Å²) in [4.78, 5) is 43.7. The van der Waals surface area contributed by atoms with E-state index in [0.717, 1.165) is 67.5 Å². The lowest BCUT2D eigenvalue weighted by Gasteiger charge is -2.40. The van der Waals surface area contributed by atoms with Gasteiger partial charge in [-0.05, 0) is 81.2 Å². The molecule has 2 amide bonds. The first-order valence-electron chi connectivity index (χ1n) is 21.5. The highest BCUT2D eigenvalue weighted by atomic mass is 32.2. The minimum atomic E-state index is -4.92. The standard InChI is InChI=1S/C46H53F4N3O8S/c1-44(2,3)37-26-29(33-25-30-14-11-21-51-22-12-15-32(42(30)51)43(33)60-37)13-10-16-36-45(4,20-7-5-6-17-40(56)61-53-38(54)18-19-39(53)55)41-34(46(48,49)50)27-31(47)28-35(41)52(36)23-8-9-24-62(57,58)59/h10,13,16,25-28H,5-9,11-12,14-15,17-24H2,1-4H3/p+1. The Morgan fingerprint density at radius 3 is 2.37 bits per heavy atom. The number of anilines is 1. The van der Waals surface area contributed by atoms with E-state index in [1.165, 1.54) is 16.8 Å². The summed E-state index contributed by atoms with van der Waals surface area (Å²) in [5.74, 6) is -2.01. The molecule has 5 aliphatic heterocycles. The predicted octanol–water partition coefficient (Wildman–Crippen LogP) is 9.09. The summed E-state index contributed by atoms with van der Waals surface area (Å²) in [6.07, 6.45) is 7.47. The molecule has 2 aromatic rings. The molecule has 0 radical (unpaired) electrons. The van der Waals surface area contributed by atoms with Gasteiger partial charge in [-0.1, -0.05) is 45.8 Å². The van der Waals surface area contributed by atoms with E-state index in [9.17, 15) is 40.5 Å². The van der Waals surface area contributed by atoms with Crippen molar-refractivity contribution < 1.29 is 59.1 Å². The first-order valence-corrected chi connectivity index (χ1v) is 23.1. The van der Waals surface area contributed by atoms with Crippen LogP contribution in [0.5, 0.6) is 5.75 Å². The topological polar surface area (TPSA) is 134 Å². The van der Waals surface area contributed by atoms with Crippen LogP contribution < -0.4 is 9.64 Å². The van der Waals surface area contributed by atoms with E-state index >= 15 is 4.39 Å². The first kappa shape index (κ1) is 45.2. The number of amides is 2. The summed E-state index contributed by atoms with van der Waals surface area (Å²) in [5.41, 5.74) is 3.05. The van der Waals surface area contributed by atoms with E-state index < -0.39 is 56.6 Å². The normalized spacial score (nSPS) is 20.8. The van der Waals surface area contributed by atoms with Crippen LogP contribution in [0.4, 0.5) is 28.9 Å². The predicted molar refractivity (Wildman–Crippen MR) is 225 cm³/mol. The molecule has 1 unspecified atom stereocenters. The molecule has 0 aromatic heterocycles. The van der Waals surface area contributed by atoms with E-state index in [4.69, 9.17) is 9.57 Å². The number of allylic oxidation sites excluding steroid dienone is 6. The molecule has 2 aromatic carbocycles. The van der Waals surface area contributed by atoms with Gasteiger partial charge in [0.05, 0.1) is 22.3 Å². The van der Waals surface area contributed by atoms with Crippen molar-refractivity contribution in [1.82, 2.24) is 5.06 Å². The number of carbonyl (C=O) groups excluding carboxylic acids is 3. The van der Waals surface area contributed by atoms with Crippen LogP contribution in [0.1, 0.15) is 126 Å². The maximum atomic E-state index is 15.3. The smallest absolute Gasteiger partial charge is 0.417 e. The van der Waals surface area contributed by atoms with Crippen LogP contribution in [0.15, 0.2) is 48.3 Å². The molecule has 0 saturated carbocycles. The summed E-state index contributed by atoms with van der Waals surface area (Å²) >= 11 is 0. The van der Waals surface area contributed by atoms with E-state index in [0.29, 0.717) is 29.7 Å². The van der Waals surface area contributed by atoms with Gasteiger partial charge < -0.3 is 14.5 Å². The third-order valence-corrected chi connectivity index (χ3v) is 13.2. The second kappa shape index (κ2) is 17.4. The number of alkyl halides is 3. The van der Waals surface area contributed by atoms with Crippen LogP contribution in [0.3, 0.4) is 0 Å². The minimum absolute atomic E-state index is 0.00976. The summed E-state index contributed by atoms with van der Waals surface area (Å²) in [6.45, 7) is 9.92. The van der Waals surface area contributed by atoms with Crippen molar-refractivity contribution in [3.05, 3.63) is 81.9 Å². The Morgan fingerprint density at radius 1 is 0.984 bits per heavy atom. The van der Waals surface area contributed by atoms with Gasteiger partial charge in [-0.2, -0.15) is 26.2 Å². The highest BCUT2D eigenvalue weighted by Crippen LogP contribution is 2.51. The lowest BCUT2D eigenvalue weighted by Crippen LogP contribution is -2.35. The van der Waals surface area contributed by atoms with Gasteiger partial charge >= 0.3 is 12.1 Å². The molecule has 1 saturated heterocycles. The zero-order valence-corrected chi connectivity index (χ0v) is 36.4. The van der Waals surface area contributed by atoms with Crippen LogP contribution in [0.25, 0.3) is 5.57 Å². The van der Waals surface area contributed by atoms with Crippen molar-refractivity contribution in [2.45, 2.75) is 123 Å². The van der Waals surface area contributed by atoms with Crippen LogP contribution in [-0.2, 0) is 53.8 Å². The summed E-state index contributed by atoms with van der Waals surface area (Å²) in [6, 6.07) is 3.78. The van der Waals surface area contributed by atoms with Crippen molar-refractivity contribution in [3.8, 4) is 5.75 Å². The minimum Gasteiger partial charge on any atom is -0.460 e. The van der Waals surface area contributed by atoms with Crippen LogP contribution in [-0.4, -0.2) is 71.5 Å². The van der Waals surface area contributed by atoms with Gasteiger partial charge in [0, 0.05) is 73.1 Å². The van der Waals surface area contributed by atoms with Crippen LogP contribution in [0, 0.1) is 11.2 Å². The molecule has 5 aliphatic rings. The zero-order chi connectivity index (χ0) is 44.8. The third-order valence-electron chi connectivity index (χ3n) is 12.4. The van der Waals surface area contributed by atoms with Gasteiger partial charge in [0.2, 0.25) is 5.69 Å². The molecule has 0 spiro atoms. The molecular weight excluding hydrogens is 831 g/mol. The van der Waals surface area contributed by atoms with Gasteiger partial charge in [-0.3, -0.25) is 14.1 Å². The van der Waals surface area contributed by atoms with Crippen molar-refractivity contribution in [3.63, 3.8) is 0 Å². The number of ether oxygens (including phenoxy) is 1. The van der Waals surface area contributed by atoms with E-state index in [1.807, 2.05) is 12.2 Å². The molecule has 1 fully saturated rings. The van der Waals surface area contributed by atoms with Crippen molar-refractivity contribution >= 4 is 50.6 Å². The number of aryl methyl sites for hydroxylation is 1. The van der Waals surface area contributed by atoms with Crippen LogP contribution in [0.2, 0.25) is 0 Å². The Hall–Kier alpha value is -4.83. The van der Waals surface area contributed by atoms with Crippen molar-refractivity contribution in [2.24, 2.45) is 5.41 Å². The lowest BCUT2D eigenvalue weighted by atomic mass is 9.73. The maximum absolute atomic E-state index is 15.3. The number of rotatable bonds is 14.